The lowest BCUT2D eigenvalue weighted by atomic mass is 9.89. The second-order valence-electron chi connectivity index (χ2n) is 10.8. The third-order valence-electron chi connectivity index (χ3n) is 7.61. The Balaban J connectivity index is 0.000000439. The number of benzene rings is 2. The highest BCUT2D eigenvalue weighted by atomic mass is 19.4. The zero-order valence-corrected chi connectivity index (χ0v) is 25.3. The molecule has 0 bridgehead atoms. The van der Waals surface area contributed by atoms with Gasteiger partial charge in [0.25, 0.3) is 11.8 Å². The van der Waals surface area contributed by atoms with Gasteiger partial charge < -0.3 is 10.1 Å². The van der Waals surface area contributed by atoms with Gasteiger partial charge in [0, 0.05) is 30.0 Å². The Morgan fingerprint density at radius 2 is 1.32 bits per heavy atom. The Morgan fingerprint density at radius 1 is 0.818 bits per heavy atom. The molecule has 6 nitrogen and oxygen atoms in total. The first-order valence-electron chi connectivity index (χ1n) is 14.1. The summed E-state index contributed by atoms with van der Waals surface area (Å²) in [4.78, 5) is 46.0. The molecule has 1 heterocycles. The summed E-state index contributed by atoms with van der Waals surface area (Å²) in [7, 11) is 0. The van der Waals surface area contributed by atoms with E-state index in [0.29, 0.717) is 23.0 Å². The molecule has 0 saturated carbocycles. The van der Waals surface area contributed by atoms with Gasteiger partial charge in [-0.1, -0.05) is 52.8 Å². The van der Waals surface area contributed by atoms with Crippen LogP contribution in [-0.4, -0.2) is 30.0 Å². The molecule has 2 aromatic rings. The molecule has 240 valence electrons. The van der Waals surface area contributed by atoms with Gasteiger partial charge >= 0.3 is 12.4 Å². The summed E-state index contributed by atoms with van der Waals surface area (Å²) in [5.74, 6) is -2.34. The monoisotopic (exact) mass is 626 g/mol. The number of imide groups is 1. The van der Waals surface area contributed by atoms with Crippen molar-refractivity contribution in [2.75, 3.05) is 4.90 Å². The molecule has 3 amide bonds. The van der Waals surface area contributed by atoms with Gasteiger partial charge in [-0.25, -0.2) is 4.90 Å². The van der Waals surface area contributed by atoms with Crippen LogP contribution in [0.15, 0.2) is 48.6 Å². The van der Waals surface area contributed by atoms with Crippen molar-refractivity contribution in [3.05, 3.63) is 65.2 Å². The maximum absolute atomic E-state index is 13.8. The summed E-state index contributed by atoms with van der Waals surface area (Å²) in [5.41, 5.74) is -3.89. The fraction of sp³-hybridized carbons (Fsp3) is 0.438. The Labute approximate surface area is 252 Å². The number of anilines is 1. The van der Waals surface area contributed by atoms with Crippen molar-refractivity contribution in [2.45, 2.75) is 78.7 Å². The normalized spacial score (nSPS) is 16.1. The van der Waals surface area contributed by atoms with Gasteiger partial charge in [-0.15, -0.1) is 0 Å². The van der Waals surface area contributed by atoms with Gasteiger partial charge in [0.05, 0.1) is 16.8 Å². The smallest absolute Gasteiger partial charge is 0.353 e. The molecular weight excluding hydrogens is 590 g/mol. The van der Waals surface area contributed by atoms with Crippen LogP contribution in [0.4, 0.5) is 32.0 Å². The van der Waals surface area contributed by atoms with Crippen LogP contribution in [0, 0.1) is 11.8 Å². The van der Waals surface area contributed by atoms with Crippen LogP contribution in [0.25, 0.3) is 11.1 Å². The molecule has 0 radical (unpaired) electrons. The van der Waals surface area contributed by atoms with Crippen LogP contribution < -0.4 is 10.2 Å². The van der Waals surface area contributed by atoms with E-state index < -0.39 is 46.4 Å². The Bertz CT molecular complexity index is 1380. The van der Waals surface area contributed by atoms with Crippen molar-refractivity contribution < 1.29 is 45.5 Å². The maximum Gasteiger partial charge on any atom is 0.417 e. The highest BCUT2D eigenvalue weighted by Crippen LogP contribution is 2.45. The zero-order valence-electron chi connectivity index (χ0n) is 25.3. The third kappa shape index (κ3) is 8.79. The Kier molecular flexibility index (Phi) is 12.1. The molecule has 44 heavy (non-hydrogen) atoms. The predicted octanol–water partition coefficient (Wildman–Crippen LogP) is 7.71. The maximum atomic E-state index is 13.8. The summed E-state index contributed by atoms with van der Waals surface area (Å²) in [5, 5.41) is 2.85. The van der Waals surface area contributed by atoms with Crippen molar-refractivity contribution >= 4 is 29.7 Å². The standard InChI is InChI=1S/C22H17F6NO2.C10H19NO2/c1-3-12(2)13-4-6-15(17(10-13)21(23,24)25)16-7-5-14(11-18(16)22(26,27)28)29-19(30)8-9-20(29)31;1-5-8(3)11-10(13)9(4)7(2)6-12/h4-12H,3H2,1-2H3;6-9H,5H2,1-4H3,(H,11,13). The van der Waals surface area contributed by atoms with Crippen molar-refractivity contribution in [3.63, 3.8) is 0 Å². The van der Waals surface area contributed by atoms with Crippen LogP contribution in [0.2, 0.25) is 0 Å². The molecule has 0 aliphatic carbocycles. The molecule has 1 aliphatic rings. The first-order valence-corrected chi connectivity index (χ1v) is 14.1. The quantitative estimate of drug-likeness (QED) is 0.176. The van der Waals surface area contributed by atoms with Crippen LogP contribution in [0.3, 0.4) is 0 Å². The second-order valence-corrected chi connectivity index (χ2v) is 10.8. The number of halogens is 6. The fourth-order valence-corrected chi connectivity index (χ4v) is 4.20. The van der Waals surface area contributed by atoms with Gasteiger partial charge in [0.15, 0.2) is 0 Å². The summed E-state index contributed by atoms with van der Waals surface area (Å²) in [6.45, 7) is 11.0. The number of nitrogens with one attached hydrogen (secondary N) is 1. The SMILES string of the molecule is CCC(C)NC(=O)C(C)C(C)C=O.CCC(C)c1ccc(-c2ccc(N3C(=O)C=CC3=O)cc2C(F)(F)F)c(C(F)(F)F)c1. The van der Waals surface area contributed by atoms with E-state index in [-0.39, 0.29) is 35.4 Å². The van der Waals surface area contributed by atoms with E-state index in [1.807, 2.05) is 13.8 Å². The van der Waals surface area contributed by atoms with Gasteiger partial charge in [0.2, 0.25) is 5.91 Å². The summed E-state index contributed by atoms with van der Waals surface area (Å²) in [6.07, 6.45) is -5.81. The summed E-state index contributed by atoms with van der Waals surface area (Å²) < 4.78 is 82.7. The number of carbonyl (C=O) groups excluding carboxylic acids is 4. The second kappa shape index (κ2) is 14.7. The molecule has 0 spiro atoms. The van der Waals surface area contributed by atoms with Crippen molar-refractivity contribution in [3.8, 4) is 11.1 Å². The predicted molar refractivity (Wildman–Crippen MR) is 155 cm³/mol. The molecule has 3 rings (SSSR count). The summed E-state index contributed by atoms with van der Waals surface area (Å²) >= 11 is 0. The highest BCUT2D eigenvalue weighted by molar-refractivity contribution is 6.28. The van der Waals surface area contributed by atoms with E-state index in [9.17, 15) is 45.5 Å². The van der Waals surface area contributed by atoms with Gasteiger partial charge in [-0.05, 0) is 60.6 Å². The van der Waals surface area contributed by atoms with E-state index in [4.69, 9.17) is 0 Å². The van der Waals surface area contributed by atoms with Gasteiger partial charge in [0.1, 0.15) is 6.29 Å². The number of nitrogens with zero attached hydrogens (tertiary/aromatic N) is 1. The van der Waals surface area contributed by atoms with Crippen LogP contribution in [0.1, 0.15) is 77.0 Å². The minimum Gasteiger partial charge on any atom is -0.353 e. The lowest BCUT2D eigenvalue weighted by molar-refractivity contribution is -0.139. The third-order valence-corrected chi connectivity index (χ3v) is 7.61. The van der Waals surface area contributed by atoms with E-state index in [0.717, 1.165) is 49.1 Å². The van der Waals surface area contributed by atoms with E-state index in [1.165, 1.54) is 6.07 Å². The number of hydrogen-bond donors (Lipinski definition) is 1. The van der Waals surface area contributed by atoms with Crippen LogP contribution in [-0.2, 0) is 31.5 Å². The summed E-state index contributed by atoms with van der Waals surface area (Å²) in [6, 6.07) is 5.86. The molecule has 1 aliphatic heterocycles. The molecule has 1 N–H and O–H groups in total. The molecule has 0 aromatic heterocycles. The molecule has 4 unspecified atom stereocenters. The number of aldehydes is 1. The average Bonchev–Trinajstić information content (AvgIpc) is 3.31. The van der Waals surface area contributed by atoms with E-state index in [2.05, 4.69) is 5.32 Å². The molecule has 2 aromatic carbocycles. The number of hydrogen-bond acceptors (Lipinski definition) is 4. The molecule has 4 atom stereocenters. The molecule has 0 fully saturated rings. The van der Waals surface area contributed by atoms with E-state index in [1.54, 1.807) is 27.7 Å². The minimum atomic E-state index is -5.02. The first-order chi connectivity index (χ1) is 20.4. The highest BCUT2D eigenvalue weighted by Gasteiger charge is 2.40. The largest absolute Gasteiger partial charge is 0.417 e. The Hall–Kier alpha value is -3.96. The lowest BCUT2D eigenvalue weighted by Gasteiger charge is -2.22. The molecule has 0 saturated heterocycles. The van der Waals surface area contributed by atoms with Crippen molar-refractivity contribution in [2.24, 2.45) is 11.8 Å². The van der Waals surface area contributed by atoms with Crippen LogP contribution in [0.5, 0.6) is 0 Å². The topological polar surface area (TPSA) is 83.6 Å². The number of alkyl halides is 6. The molecular formula is C32H36F6N2O4. The van der Waals surface area contributed by atoms with Gasteiger partial charge in [-0.2, -0.15) is 26.3 Å². The fourth-order valence-electron chi connectivity index (χ4n) is 4.20. The van der Waals surface area contributed by atoms with Crippen LogP contribution >= 0.6 is 0 Å². The number of carbonyl (C=O) groups is 4. The zero-order chi connectivity index (χ0) is 33.6. The minimum absolute atomic E-state index is 0.0334. The van der Waals surface area contributed by atoms with Gasteiger partial charge in [-0.3, -0.25) is 14.4 Å². The number of amides is 3. The van der Waals surface area contributed by atoms with Crippen molar-refractivity contribution in [1.82, 2.24) is 5.32 Å². The molecule has 12 heteroatoms. The number of rotatable bonds is 9. The average molecular weight is 627 g/mol. The lowest BCUT2D eigenvalue weighted by Crippen LogP contribution is -2.38. The van der Waals surface area contributed by atoms with E-state index >= 15 is 0 Å². The first kappa shape index (κ1) is 36.2. The Morgan fingerprint density at radius 3 is 1.77 bits per heavy atom. The van der Waals surface area contributed by atoms with Crippen molar-refractivity contribution in [1.29, 1.82) is 0 Å².